The molecule has 0 atom stereocenters. The van der Waals surface area contributed by atoms with Crippen LogP contribution in [0.1, 0.15) is 34.2 Å². The van der Waals surface area contributed by atoms with E-state index in [9.17, 15) is 21.0 Å². The summed E-state index contributed by atoms with van der Waals surface area (Å²) in [6, 6.07) is 7.34. The minimum absolute atomic E-state index is 0.155. The van der Waals surface area contributed by atoms with Gasteiger partial charge in [0.15, 0.2) is 22.8 Å². The summed E-state index contributed by atoms with van der Waals surface area (Å²) < 4.78 is 0. The molecule has 128 valence electrons. The Labute approximate surface area is 157 Å². The predicted molar refractivity (Wildman–Crippen MR) is 94.1 cm³/mol. The molecular formula is C18H6N10. The average Bonchev–Trinajstić information content (AvgIpc) is 2.73. The molecular weight excluding hydrogens is 356 g/mol. The Bertz CT molecular complexity index is 1410. The second-order valence-corrected chi connectivity index (χ2v) is 5.77. The number of fused-ring (bicyclic) bond motifs is 6. The van der Waals surface area contributed by atoms with Gasteiger partial charge in [-0.05, 0) is 13.8 Å². The number of hydrogen-bond acceptors (Lipinski definition) is 10. The van der Waals surface area contributed by atoms with Crippen LogP contribution in [0.3, 0.4) is 0 Å². The fraction of sp³-hybridized carbons (Fsp3) is 0.111. The molecule has 0 aliphatic heterocycles. The maximum atomic E-state index is 9.30. The highest BCUT2D eigenvalue weighted by Crippen LogP contribution is 2.30. The first-order valence-electron chi connectivity index (χ1n) is 7.83. The quantitative estimate of drug-likeness (QED) is 0.418. The van der Waals surface area contributed by atoms with E-state index < -0.39 is 0 Å². The molecule has 0 saturated heterocycles. The van der Waals surface area contributed by atoms with Gasteiger partial charge in [0.1, 0.15) is 57.4 Å². The summed E-state index contributed by atoms with van der Waals surface area (Å²) in [5, 5.41) is 37.2. The van der Waals surface area contributed by atoms with Crippen molar-refractivity contribution in [3.63, 3.8) is 0 Å². The lowest BCUT2D eigenvalue weighted by Gasteiger charge is -2.10. The molecule has 0 spiro atoms. The van der Waals surface area contributed by atoms with Crippen LogP contribution in [-0.2, 0) is 0 Å². The Kier molecular flexibility index (Phi) is 3.50. The van der Waals surface area contributed by atoms with Crippen LogP contribution in [0.2, 0.25) is 0 Å². The second-order valence-electron chi connectivity index (χ2n) is 5.77. The average molecular weight is 362 g/mol. The molecule has 0 aliphatic carbocycles. The standard InChI is InChI=1S/C18H6N10/c1-7-8(2)24-14-13(23-7)15-17(27-11(5-21)9(3-19)25-15)18-16(14)26-10(4-20)12(6-22)28-18/h1-2H3. The molecule has 0 fully saturated rings. The predicted octanol–water partition coefficient (Wildman–Crippen LogP) is 1.62. The molecule has 28 heavy (non-hydrogen) atoms. The summed E-state index contributed by atoms with van der Waals surface area (Å²) in [6.45, 7) is 3.54. The smallest absolute Gasteiger partial charge is 0.177 e. The fourth-order valence-electron chi connectivity index (χ4n) is 2.78. The number of aromatic nitrogens is 6. The molecule has 4 aromatic rings. The number of benzene rings is 1. The van der Waals surface area contributed by atoms with Gasteiger partial charge in [-0.25, -0.2) is 29.9 Å². The van der Waals surface area contributed by atoms with Gasteiger partial charge < -0.3 is 0 Å². The van der Waals surface area contributed by atoms with Crippen LogP contribution in [0.5, 0.6) is 0 Å². The molecule has 10 heteroatoms. The molecule has 0 amide bonds. The summed E-state index contributed by atoms with van der Waals surface area (Å²) in [6.07, 6.45) is 0. The number of nitrogens with zero attached hydrogens (tertiary/aromatic N) is 10. The van der Waals surface area contributed by atoms with Gasteiger partial charge in [0.05, 0.1) is 11.4 Å². The Morgan fingerprint density at radius 2 is 0.643 bits per heavy atom. The van der Waals surface area contributed by atoms with Crippen LogP contribution >= 0.6 is 0 Å². The maximum Gasteiger partial charge on any atom is 0.177 e. The van der Waals surface area contributed by atoms with E-state index in [1.807, 2.05) is 24.3 Å². The van der Waals surface area contributed by atoms with E-state index in [-0.39, 0.29) is 44.8 Å². The van der Waals surface area contributed by atoms with Crippen LogP contribution in [0, 0.1) is 59.2 Å². The Morgan fingerprint density at radius 3 is 0.857 bits per heavy atom. The highest BCUT2D eigenvalue weighted by Gasteiger charge is 2.21. The van der Waals surface area contributed by atoms with E-state index in [2.05, 4.69) is 29.9 Å². The summed E-state index contributed by atoms with van der Waals surface area (Å²) in [4.78, 5) is 25.9. The van der Waals surface area contributed by atoms with Gasteiger partial charge in [0.25, 0.3) is 0 Å². The van der Waals surface area contributed by atoms with Gasteiger partial charge in [-0.3, -0.25) is 0 Å². The van der Waals surface area contributed by atoms with Gasteiger partial charge in [-0.2, -0.15) is 21.0 Å². The van der Waals surface area contributed by atoms with Crippen molar-refractivity contribution in [2.75, 3.05) is 0 Å². The number of rotatable bonds is 0. The van der Waals surface area contributed by atoms with Crippen LogP contribution in [-0.4, -0.2) is 29.9 Å². The first-order valence-corrected chi connectivity index (χ1v) is 7.83. The maximum absolute atomic E-state index is 9.30. The van der Waals surface area contributed by atoms with E-state index in [0.717, 1.165) is 0 Å². The molecule has 0 aliphatic rings. The Hall–Kier alpha value is -4.80. The van der Waals surface area contributed by atoms with Crippen molar-refractivity contribution in [3.05, 3.63) is 34.2 Å². The van der Waals surface area contributed by atoms with Crippen molar-refractivity contribution in [1.29, 1.82) is 21.0 Å². The van der Waals surface area contributed by atoms with E-state index in [1.54, 1.807) is 13.8 Å². The SMILES string of the molecule is Cc1nc2c(nc1C)c1nc(C#N)c(C#N)nc1c1nc(C#N)c(C#N)nc21. The Morgan fingerprint density at radius 1 is 0.429 bits per heavy atom. The van der Waals surface area contributed by atoms with Crippen molar-refractivity contribution in [3.8, 4) is 24.3 Å². The van der Waals surface area contributed by atoms with Crippen molar-refractivity contribution in [1.82, 2.24) is 29.9 Å². The molecule has 0 saturated carbocycles. The zero-order chi connectivity index (χ0) is 20.0. The lowest BCUT2D eigenvalue weighted by atomic mass is 10.1. The van der Waals surface area contributed by atoms with Gasteiger partial charge in [0.2, 0.25) is 0 Å². The Balaban J connectivity index is 2.40. The topological polar surface area (TPSA) is 172 Å². The van der Waals surface area contributed by atoms with E-state index in [1.165, 1.54) is 0 Å². The minimum atomic E-state index is -0.183. The molecule has 10 nitrogen and oxygen atoms in total. The van der Waals surface area contributed by atoms with Crippen LogP contribution in [0.4, 0.5) is 0 Å². The lowest BCUT2D eigenvalue weighted by Crippen LogP contribution is -2.04. The molecule has 0 radical (unpaired) electrons. The van der Waals surface area contributed by atoms with Crippen LogP contribution < -0.4 is 0 Å². The van der Waals surface area contributed by atoms with E-state index in [0.29, 0.717) is 22.4 Å². The monoisotopic (exact) mass is 362 g/mol. The fourth-order valence-corrected chi connectivity index (χ4v) is 2.78. The minimum Gasteiger partial charge on any atom is -0.247 e. The first-order chi connectivity index (χ1) is 13.5. The zero-order valence-electron chi connectivity index (χ0n) is 14.5. The van der Waals surface area contributed by atoms with Gasteiger partial charge in [-0.15, -0.1) is 0 Å². The van der Waals surface area contributed by atoms with Crippen molar-refractivity contribution >= 4 is 33.1 Å². The molecule has 4 rings (SSSR count). The summed E-state index contributed by atoms with van der Waals surface area (Å²) >= 11 is 0. The zero-order valence-corrected chi connectivity index (χ0v) is 14.5. The molecule has 3 aromatic heterocycles. The number of aryl methyl sites for hydroxylation is 2. The van der Waals surface area contributed by atoms with Crippen LogP contribution in [0.15, 0.2) is 0 Å². The highest BCUT2D eigenvalue weighted by atomic mass is 14.9. The van der Waals surface area contributed by atoms with Gasteiger partial charge >= 0.3 is 0 Å². The molecule has 3 heterocycles. The number of hydrogen-bond donors (Lipinski definition) is 0. The van der Waals surface area contributed by atoms with E-state index in [4.69, 9.17) is 0 Å². The van der Waals surface area contributed by atoms with E-state index >= 15 is 0 Å². The van der Waals surface area contributed by atoms with Gasteiger partial charge in [-0.1, -0.05) is 0 Å². The number of nitriles is 4. The highest BCUT2D eigenvalue weighted by molar-refractivity contribution is 6.18. The largest absolute Gasteiger partial charge is 0.247 e. The molecule has 1 aromatic carbocycles. The summed E-state index contributed by atoms with van der Waals surface area (Å²) in [5.41, 5.74) is 2.00. The summed E-state index contributed by atoms with van der Waals surface area (Å²) in [7, 11) is 0. The lowest BCUT2D eigenvalue weighted by molar-refractivity contribution is 1.10. The third-order valence-electron chi connectivity index (χ3n) is 4.20. The van der Waals surface area contributed by atoms with Gasteiger partial charge in [0, 0.05) is 0 Å². The normalized spacial score (nSPS) is 10.4. The molecule has 0 unspecified atom stereocenters. The molecule has 0 N–H and O–H groups in total. The van der Waals surface area contributed by atoms with Crippen LogP contribution in [0.25, 0.3) is 33.1 Å². The van der Waals surface area contributed by atoms with Crippen molar-refractivity contribution in [2.24, 2.45) is 0 Å². The third-order valence-corrected chi connectivity index (χ3v) is 4.20. The molecule has 0 bridgehead atoms. The summed E-state index contributed by atoms with van der Waals surface area (Å²) in [5.74, 6) is 0. The second kappa shape index (κ2) is 5.88. The third kappa shape index (κ3) is 2.17. The van der Waals surface area contributed by atoms with Crippen molar-refractivity contribution in [2.45, 2.75) is 13.8 Å². The van der Waals surface area contributed by atoms with Crippen molar-refractivity contribution < 1.29 is 0 Å². The first kappa shape index (κ1) is 16.7.